The van der Waals surface area contributed by atoms with Crippen LogP contribution in [0.5, 0.6) is 0 Å². The molecule has 0 radical (unpaired) electrons. The number of carbonyl (C=O) groups is 1. The number of carbonyl (C=O) groups excluding carboxylic acids is 1. The first kappa shape index (κ1) is 14.9. The Morgan fingerprint density at radius 3 is 2.75 bits per heavy atom. The highest BCUT2D eigenvalue weighted by molar-refractivity contribution is 5.85. The molecule has 0 aliphatic rings. The lowest BCUT2D eigenvalue weighted by molar-refractivity contribution is -0.130. The number of nitrogens with zero attached hydrogens (tertiary/aromatic N) is 2. The fourth-order valence-corrected chi connectivity index (χ4v) is 1.33. The molecule has 5 heteroatoms. The topological polar surface area (TPSA) is 45.2 Å². The molecular weight excluding hydrogens is 226 g/mol. The van der Waals surface area contributed by atoms with Crippen LogP contribution < -0.4 is 5.32 Å². The third-order valence-electron chi connectivity index (χ3n) is 2.14. The summed E-state index contributed by atoms with van der Waals surface area (Å²) < 4.78 is 0. The van der Waals surface area contributed by atoms with E-state index in [2.05, 4.69) is 10.3 Å². The molecule has 0 aliphatic heterocycles. The molecule has 0 spiro atoms. The number of hydrogen-bond acceptors (Lipinski definition) is 3. The zero-order valence-corrected chi connectivity index (χ0v) is 10.5. The third-order valence-corrected chi connectivity index (χ3v) is 2.14. The van der Waals surface area contributed by atoms with Gasteiger partial charge in [0.05, 0.1) is 18.8 Å². The molecule has 0 saturated heterocycles. The molecule has 0 fully saturated rings. The van der Waals surface area contributed by atoms with Crippen LogP contribution in [0.3, 0.4) is 0 Å². The van der Waals surface area contributed by atoms with Gasteiger partial charge < -0.3 is 10.2 Å². The molecule has 0 saturated carbocycles. The summed E-state index contributed by atoms with van der Waals surface area (Å²) >= 11 is 0. The molecule has 0 unspecified atom stereocenters. The standard InChI is InChI=1S/C11H17N3O.ClH/c1-3-14(11(15)8-12-2)9-10-6-4-5-7-13-10;/h4-7,12H,3,8-9H2,1-2H3;1H. The molecule has 1 rings (SSSR count). The van der Waals surface area contributed by atoms with Crippen LogP contribution in [-0.4, -0.2) is 35.9 Å². The van der Waals surface area contributed by atoms with Crippen LogP contribution in [0.15, 0.2) is 24.4 Å². The van der Waals surface area contributed by atoms with Crippen LogP contribution >= 0.6 is 12.4 Å². The fourth-order valence-electron chi connectivity index (χ4n) is 1.33. The van der Waals surface area contributed by atoms with Gasteiger partial charge in [0.1, 0.15) is 0 Å². The highest BCUT2D eigenvalue weighted by Gasteiger charge is 2.10. The lowest BCUT2D eigenvalue weighted by Crippen LogP contribution is -2.36. The van der Waals surface area contributed by atoms with Crippen LogP contribution in [0.4, 0.5) is 0 Å². The second-order valence-electron chi connectivity index (χ2n) is 3.26. The normalized spacial score (nSPS) is 9.38. The Labute approximate surface area is 102 Å². The molecule has 1 aromatic heterocycles. The van der Waals surface area contributed by atoms with Gasteiger partial charge in [-0.15, -0.1) is 12.4 Å². The Morgan fingerprint density at radius 1 is 1.50 bits per heavy atom. The molecule has 0 atom stereocenters. The van der Waals surface area contributed by atoms with Crippen molar-refractivity contribution in [1.82, 2.24) is 15.2 Å². The minimum Gasteiger partial charge on any atom is -0.336 e. The predicted molar refractivity (Wildman–Crippen MR) is 66.5 cm³/mol. The summed E-state index contributed by atoms with van der Waals surface area (Å²) in [5.74, 6) is 0.102. The summed E-state index contributed by atoms with van der Waals surface area (Å²) in [6, 6.07) is 5.73. The molecule has 16 heavy (non-hydrogen) atoms. The van der Waals surface area contributed by atoms with Crippen LogP contribution in [0.2, 0.25) is 0 Å². The van der Waals surface area contributed by atoms with Gasteiger partial charge in [0.25, 0.3) is 0 Å². The van der Waals surface area contributed by atoms with E-state index in [1.54, 1.807) is 18.1 Å². The Hall–Kier alpha value is -1.13. The van der Waals surface area contributed by atoms with Gasteiger partial charge in [-0.3, -0.25) is 9.78 Å². The maximum atomic E-state index is 11.6. The van der Waals surface area contributed by atoms with Crippen molar-refractivity contribution >= 4 is 18.3 Å². The second kappa shape index (κ2) is 8.07. The van der Waals surface area contributed by atoms with Crippen molar-refractivity contribution in [3.63, 3.8) is 0 Å². The lowest BCUT2D eigenvalue weighted by atomic mass is 10.3. The van der Waals surface area contributed by atoms with E-state index in [1.165, 1.54) is 0 Å². The largest absolute Gasteiger partial charge is 0.336 e. The summed E-state index contributed by atoms with van der Waals surface area (Å²) in [5.41, 5.74) is 0.920. The summed E-state index contributed by atoms with van der Waals surface area (Å²) in [6.45, 7) is 3.63. The number of nitrogens with one attached hydrogen (secondary N) is 1. The summed E-state index contributed by atoms with van der Waals surface area (Å²) in [4.78, 5) is 17.6. The Balaban J connectivity index is 0.00000225. The second-order valence-corrected chi connectivity index (χ2v) is 3.26. The first-order valence-electron chi connectivity index (χ1n) is 5.10. The molecule has 1 aromatic rings. The van der Waals surface area contributed by atoms with Crippen molar-refractivity contribution in [2.45, 2.75) is 13.5 Å². The van der Waals surface area contributed by atoms with E-state index < -0.39 is 0 Å². The molecular formula is C11H18ClN3O. The number of pyridine rings is 1. The van der Waals surface area contributed by atoms with Crippen LogP contribution in [0, 0.1) is 0 Å². The van der Waals surface area contributed by atoms with Gasteiger partial charge in [0, 0.05) is 12.7 Å². The van der Waals surface area contributed by atoms with Crippen molar-refractivity contribution in [1.29, 1.82) is 0 Å². The number of rotatable bonds is 5. The summed E-state index contributed by atoms with van der Waals surface area (Å²) in [7, 11) is 1.77. The van der Waals surface area contributed by atoms with Gasteiger partial charge in [-0.05, 0) is 26.1 Å². The molecule has 1 amide bonds. The van der Waals surface area contributed by atoms with Gasteiger partial charge in [-0.25, -0.2) is 0 Å². The minimum absolute atomic E-state index is 0. The number of likely N-dealkylation sites (N-methyl/N-ethyl adjacent to an activating group) is 2. The van der Waals surface area contributed by atoms with Crippen LogP contribution in [0.1, 0.15) is 12.6 Å². The Kier molecular flexibility index (Phi) is 7.50. The maximum absolute atomic E-state index is 11.6. The van der Waals surface area contributed by atoms with E-state index in [0.717, 1.165) is 5.69 Å². The van der Waals surface area contributed by atoms with E-state index in [1.807, 2.05) is 25.1 Å². The maximum Gasteiger partial charge on any atom is 0.236 e. The smallest absolute Gasteiger partial charge is 0.236 e. The molecule has 0 aromatic carbocycles. The number of aromatic nitrogens is 1. The summed E-state index contributed by atoms with van der Waals surface area (Å²) in [5, 5.41) is 2.86. The Morgan fingerprint density at radius 2 is 2.25 bits per heavy atom. The van der Waals surface area contributed by atoms with E-state index in [4.69, 9.17) is 0 Å². The highest BCUT2D eigenvalue weighted by Crippen LogP contribution is 2.00. The number of amides is 1. The van der Waals surface area contributed by atoms with Gasteiger partial charge in [-0.1, -0.05) is 6.07 Å². The van der Waals surface area contributed by atoms with Crippen molar-refractivity contribution < 1.29 is 4.79 Å². The van der Waals surface area contributed by atoms with Crippen LogP contribution in [0.25, 0.3) is 0 Å². The van der Waals surface area contributed by atoms with Gasteiger partial charge in [-0.2, -0.15) is 0 Å². The molecule has 1 heterocycles. The zero-order valence-electron chi connectivity index (χ0n) is 9.64. The average molecular weight is 244 g/mol. The third kappa shape index (κ3) is 4.59. The van der Waals surface area contributed by atoms with Gasteiger partial charge >= 0.3 is 0 Å². The van der Waals surface area contributed by atoms with Crippen molar-refractivity contribution in [3.05, 3.63) is 30.1 Å². The first-order valence-corrected chi connectivity index (χ1v) is 5.10. The fraction of sp³-hybridized carbons (Fsp3) is 0.455. The average Bonchev–Trinajstić information content (AvgIpc) is 2.27. The van der Waals surface area contributed by atoms with E-state index in [0.29, 0.717) is 19.6 Å². The van der Waals surface area contributed by atoms with E-state index in [9.17, 15) is 4.79 Å². The van der Waals surface area contributed by atoms with Crippen molar-refractivity contribution in [2.24, 2.45) is 0 Å². The Bertz CT molecular complexity index is 305. The predicted octanol–water partition coefficient (Wildman–Crippen LogP) is 1.07. The highest BCUT2D eigenvalue weighted by atomic mass is 35.5. The zero-order chi connectivity index (χ0) is 11.1. The molecule has 0 bridgehead atoms. The SMILES string of the molecule is CCN(Cc1ccccn1)C(=O)CNC.Cl. The van der Waals surface area contributed by atoms with Gasteiger partial charge in [0.2, 0.25) is 5.91 Å². The number of hydrogen-bond donors (Lipinski definition) is 1. The molecule has 4 nitrogen and oxygen atoms in total. The van der Waals surface area contributed by atoms with Crippen molar-refractivity contribution in [2.75, 3.05) is 20.1 Å². The summed E-state index contributed by atoms with van der Waals surface area (Å²) in [6.07, 6.45) is 1.74. The minimum atomic E-state index is 0. The number of halogens is 1. The molecule has 0 aliphatic carbocycles. The van der Waals surface area contributed by atoms with Gasteiger partial charge in [0.15, 0.2) is 0 Å². The monoisotopic (exact) mass is 243 g/mol. The first-order chi connectivity index (χ1) is 7.27. The van der Waals surface area contributed by atoms with Crippen molar-refractivity contribution in [3.8, 4) is 0 Å². The van der Waals surface area contributed by atoms with E-state index >= 15 is 0 Å². The van der Waals surface area contributed by atoms with E-state index in [-0.39, 0.29) is 18.3 Å². The molecule has 90 valence electrons. The quantitative estimate of drug-likeness (QED) is 0.842. The van der Waals surface area contributed by atoms with Crippen LogP contribution in [-0.2, 0) is 11.3 Å². The molecule has 1 N–H and O–H groups in total. The lowest BCUT2D eigenvalue weighted by Gasteiger charge is -2.20.